The van der Waals surface area contributed by atoms with E-state index in [1.807, 2.05) is 0 Å². The van der Waals surface area contributed by atoms with Gasteiger partial charge in [-0.3, -0.25) is 9.59 Å². The first kappa shape index (κ1) is 12.8. The van der Waals surface area contributed by atoms with E-state index >= 15 is 0 Å². The normalized spacial score (nSPS) is 17.3. The predicted octanol–water partition coefficient (Wildman–Crippen LogP) is 0.454. The maximum Gasteiger partial charge on any atom is 0.326 e. The topological polar surface area (TPSA) is 80.4 Å². The Morgan fingerprint density at radius 1 is 1.61 bits per heavy atom. The Balaban J connectivity index is 2.06. The highest BCUT2D eigenvalue weighted by Crippen LogP contribution is 2.30. The summed E-state index contributed by atoms with van der Waals surface area (Å²) < 4.78 is 5.39. The molecule has 1 heterocycles. The molecule has 18 heavy (non-hydrogen) atoms. The highest BCUT2D eigenvalue weighted by molar-refractivity contribution is 6.30. The van der Waals surface area contributed by atoms with Gasteiger partial charge in [0.25, 0.3) is 0 Å². The second kappa shape index (κ2) is 4.89. The average molecular weight is 272 g/mol. The Bertz CT molecular complexity index is 487. The van der Waals surface area contributed by atoms with Gasteiger partial charge in [-0.1, -0.05) is 4.73 Å². The molecule has 0 saturated carbocycles. The van der Waals surface area contributed by atoms with Crippen molar-refractivity contribution in [2.45, 2.75) is 26.2 Å². The van der Waals surface area contributed by atoms with E-state index in [-0.39, 0.29) is 12.3 Å². The lowest BCUT2D eigenvalue weighted by Gasteiger charge is -2.05. The van der Waals surface area contributed by atoms with Crippen LogP contribution in [0.3, 0.4) is 0 Å². The van der Waals surface area contributed by atoms with Crippen molar-refractivity contribution in [1.82, 2.24) is 4.98 Å². The summed E-state index contributed by atoms with van der Waals surface area (Å²) in [7, 11) is 0. The van der Waals surface area contributed by atoms with Gasteiger partial charge in [0.15, 0.2) is 5.69 Å². The van der Waals surface area contributed by atoms with Gasteiger partial charge in [0.05, 0.1) is 5.56 Å². The molecule has 0 saturated heterocycles. The molecule has 1 unspecified atom stereocenters. The van der Waals surface area contributed by atoms with E-state index in [1.54, 1.807) is 0 Å². The standard InChI is InChI=1S/C11H12ClN2O4/c1-6(15)18-10(16)4-7-2-8-9(3-7)14(17)5-13-11(8)12/h5,7,17H,2-4H2,1H3/q+1. The summed E-state index contributed by atoms with van der Waals surface area (Å²) in [6, 6.07) is 0. The van der Waals surface area contributed by atoms with Crippen LogP contribution in [-0.2, 0) is 27.2 Å². The molecule has 6 nitrogen and oxygen atoms in total. The third-order valence-electron chi connectivity index (χ3n) is 2.84. The summed E-state index contributed by atoms with van der Waals surface area (Å²) in [5.41, 5.74) is 1.39. The van der Waals surface area contributed by atoms with Gasteiger partial charge < -0.3 is 9.94 Å². The van der Waals surface area contributed by atoms with Crippen molar-refractivity contribution in [2.75, 3.05) is 0 Å². The van der Waals surface area contributed by atoms with Crippen molar-refractivity contribution >= 4 is 23.5 Å². The number of rotatable bonds is 2. The van der Waals surface area contributed by atoms with E-state index < -0.39 is 11.9 Å². The third kappa shape index (κ3) is 2.59. The van der Waals surface area contributed by atoms with Gasteiger partial charge in [-0.05, 0) is 28.9 Å². The van der Waals surface area contributed by atoms with E-state index in [2.05, 4.69) is 9.72 Å². The average Bonchev–Trinajstić information content (AvgIpc) is 2.67. The van der Waals surface area contributed by atoms with Crippen molar-refractivity contribution in [2.24, 2.45) is 5.92 Å². The van der Waals surface area contributed by atoms with Crippen molar-refractivity contribution in [1.29, 1.82) is 0 Å². The number of ether oxygens (including phenoxy) is 1. The number of esters is 2. The zero-order chi connectivity index (χ0) is 13.3. The molecule has 1 N–H and O–H groups in total. The fraction of sp³-hybridized carbons (Fsp3) is 0.455. The lowest BCUT2D eigenvalue weighted by molar-refractivity contribution is -0.911. The van der Waals surface area contributed by atoms with Crippen LogP contribution in [0.25, 0.3) is 0 Å². The molecule has 1 atom stereocenters. The maximum atomic E-state index is 11.4. The van der Waals surface area contributed by atoms with Crippen molar-refractivity contribution in [3.63, 3.8) is 0 Å². The van der Waals surface area contributed by atoms with E-state index in [0.717, 1.165) is 10.3 Å². The summed E-state index contributed by atoms with van der Waals surface area (Å²) in [4.78, 5) is 25.8. The second-order valence-electron chi connectivity index (χ2n) is 4.25. The number of fused-ring (bicyclic) bond motifs is 1. The monoisotopic (exact) mass is 271 g/mol. The summed E-state index contributed by atoms with van der Waals surface area (Å²) in [6.45, 7) is 1.18. The molecule has 0 radical (unpaired) electrons. The van der Waals surface area contributed by atoms with E-state index in [0.29, 0.717) is 23.7 Å². The Labute approximate surface area is 108 Å². The SMILES string of the molecule is CC(=O)OC(=O)CC1Cc2c(Cl)nc[n+](O)c2C1. The van der Waals surface area contributed by atoms with E-state index in [9.17, 15) is 14.8 Å². The number of aromatic nitrogens is 2. The first-order valence-electron chi connectivity index (χ1n) is 5.45. The summed E-state index contributed by atoms with van der Waals surface area (Å²) in [5.74, 6) is -1.21. The van der Waals surface area contributed by atoms with Gasteiger partial charge in [-0.25, -0.2) is 0 Å². The number of hydrogen-bond donors (Lipinski definition) is 1. The lowest BCUT2D eigenvalue weighted by atomic mass is 10.0. The Morgan fingerprint density at radius 3 is 2.94 bits per heavy atom. The number of nitrogens with zero attached hydrogens (tertiary/aromatic N) is 2. The minimum atomic E-state index is -0.618. The molecule has 0 fully saturated rings. The minimum absolute atomic E-state index is 0.0352. The largest absolute Gasteiger partial charge is 0.393 e. The van der Waals surface area contributed by atoms with Crippen LogP contribution in [0.15, 0.2) is 6.33 Å². The Kier molecular flexibility index (Phi) is 3.47. The second-order valence-corrected chi connectivity index (χ2v) is 4.61. The number of carbonyl (C=O) groups is 2. The highest BCUT2D eigenvalue weighted by Gasteiger charge is 2.33. The molecule has 7 heteroatoms. The van der Waals surface area contributed by atoms with Crippen molar-refractivity contribution < 1.29 is 24.3 Å². The first-order chi connectivity index (χ1) is 8.47. The molecule has 0 aliphatic heterocycles. The molecule has 1 aliphatic carbocycles. The summed E-state index contributed by atoms with van der Waals surface area (Å²) >= 11 is 5.92. The van der Waals surface area contributed by atoms with Gasteiger partial charge in [0.1, 0.15) is 0 Å². The Hall–Kier alpha value is -1.69. The van der Waals surface area contributed by atoms with Crippen LogP contribution >= 0.6 is 11.6 Å². The van der Waals surface area contributed by atoms with Crippen LogP contribution < -0.4 is 4.73 Å². The molecule has 96 valence electrons. The molecule has 2 rings (SSSR count). The minimum Gasteiger partial charge on any atom is -0.393 e. The smallest absolute Gasteiger partial charge is 0.326 e. The molecular formula is C11H12ClN2O4+. The van der Waals surface area contributed by atoms with Crippen molar-refractivity contribution in [3.8, 4) is 0 Å². The van der Waals surface area contributed by atoms with Gasteiger partial charge in [-0.2, -0.15) is 0 Å². The molecule has 0 aromatic carbocycles. The fourth-order valence-electron chi connectivity index (χ4n) is 2.15. The van der Waals surface area contributed by atoms with E-state index in [4.69, 9.17) is 11.6 Å². The van der Waals surface area contributed by atoms with Gasteiger partial charge in [0.2, 0.25) is 5.15 Å². The highest BCUT2D eigenvalue weighted by atomic mass is 35.5. The van der Waals surface area contributed by atoms with Gasteiger partial charge in [0, 0.05) is 19.8 Å². The molecule has 0 amide bonds. The van der Waals surface area contributed by atoms with Crippen LogP contribution in [0.5, 0.6) is 0 Å². The van der Waals surface area contributed by atoms with Crippen LogP contribution in [0.2, 0.25) is 5.15 Å². The third-order valence-corrected chi connectivity index (χ3v) is 3.17. The number of hydrogen-bond acceptors (Lipinski definition) is 5. The summed E-state index contributed by atoms with van der Waals surface area (Å²) in [5, 5.41) is 9.91. The van der Waals surface area contributed by atoms with Crippen LogP contribution in [0.1, 0.15) is 24.6 Å². The fourth-order valence-corrected chi connectivity index (χ4v) is 2.38. The first-order valence-corrected chi connectivity index (χ1v) is 5.83. The van der Waals surface area contributed by atoms with E-state index in [1.165, 1.54) is 13.3 Å². The molecular weight excluding hydrogens is 260 g/mol. The zero-order valence-electron chi connectivity index (χ0n) is 9.72. The zero-order valence-corrected chi connectivity index (χ0v) is 10.5. The quantitative estimate of drug-likeness (QED) is 0.278. The number of carbonyl (C=O) groups excluding carboxylic acids is 2. The van der Waals surface area contributed by atoms with Crippen LogP contribution in [0, 0.1) is 5.92 Å². The predicted molar refractivity (Wildman–Crippen MR) is 58.9 cm³/mol. The molecule has 0 spiro atoms. The van der Waals surface area contributed by atoms with Gasteiger partial charge >= 0.3 is 18.3 Å². The van der Waals surface area contributed by atoms with Gasteiger partial charge in [-0.15, -0.1) is 0 Å². The summed E-state index contributed by atoms with van der Waals surface area (Å²) in [6.07, 6.45) is 2.37. The molecule has 1 aliphatic rings. The molecule has 0 bridgehead atoms. The molecule has 1 aromatic rings. The lowest BCUT2D eigenvalue weighted by Crippen LogP contribution is -2.35. The van der Waals surface area contributed by atoms with Crippen LogP contribution in [-0.4, -0.2) is 22.1 Å². The maximum absolute atomic E-state index is 11.4. The van der Waals surface area contributed by atoms with Crippen LogP contribution in [0.4, 0.5) is 0 Å². The van der Waals surface area contributed by atoms with Crippen molar-refractivity contribution in [3.05, 3.63) is 22.7 Å². The Morgan fingerprint density at radius 2 is 2.33 bits per heavy atom. The number of halogens is 1. The molecule has 1 aromatic heterocycles.